The van der Waals surface area contributed by atoms with E-state index in [-0.39, 0.29) is 6.10 Å². The lowest BCUT2D eigenvalue weighted by Gasteiger charge is -2.31. The zero-order chi connectivity index (χ0) is 20.5. The van der Waals surface area contributed by atoms with Crippen molar-refractivity contribution in [2.75, 3.05) is 0 Å². The highest BCUT2D eigenvalue weighted by Gasteiger charge is 2.36. The molecule has 4 heteroatoms. The van der Waals surface area contributed by atoms with Crippen LogP contribution in [0.5, 0.6) is 5.75 Å². The van der Waals surface area contributed by atoms with Gasteiger partial charge in [-0.15, -0.1) is 4.95 Å². The molecule has 0 saturated heterocycles. The Hall–Kier alpha value is -3.89. The van der Waals surface area contributed by atoms with Gasteiger partial charge >= 0.3 is 0 Å². The fourth-order valence-corrected chi connectivity index (χ4v) is 4.65. The Kier molecular flexibility index (Phi) is 4.54. The van der Waals surface area contributed by atoms with Crippen molar-refractivity contribution in [3.05, 3.63) is 106 Å². The van der Waals surface area contributed by atoms with Crippen molar-refractivity contribution in [1.82, 2.24) is 0 Å². The van der Waals surface area contributed by atoms with Gasteiger partial charge in [-0.3, -0.25) is 0 Å². The second kappa shape index (κ2) is 7.50. The summed E-state index contributed by atoms with van der Waals surface area (Å²) in [5.74, 6) is 1.10. The second-order valence-electron chi connectivity index (χ2n) is 7.72. The van der Waals surface area contributed by atoms with Crippen molar-refractivity contribution >= 4 is 11.4 Å². The largest absolute Gasteiger partial charge is 0.489 e. The molecular formula is C26H19N3O. The molecule has 0 radical (unpaired) electrons. The van der Waals surface area contributed by atoms with Crippen LogP contribution in [0.15, 0.2) is 71.8 Å². The zero-order valence-electron chi connectivity index (χ0n) is 16.4. The maximum atomic E-state index is 7.31. The van der Waals surface area contributed by atoms with E-state index in [0.717, 1.165) is 41.0 Å². The van der Waals surface area contributed by atoms with Crippen LogP contribution in [-0.2, 0) is 6.42 Å². The number of fused-ring (bicyclic) bond motifs is 2. The number of hydrogen-bond donors (Lipinski definition) is 0. The van der Waals surface area contributed by atoms with E-state index < -0.39 is 0 Å². The van der Waals surface area contributed by atoms with Gasteiger partial charge in [0.05, 0.1) is 11.7 Å². The first-order valence-corrected chi connectivity index (χ1v) is 10.1. The third kappa shape index (κ3) is 3.13. The van der Waals surface area contributed by atoms with Crippen molar-refractivity contribution in [3.63, 3.8) is 0 Å². The van der Waals surface area contributed by atoms with Gasteiger partial charge in [-0.2, -0.15) is 6.57 Å². The molecule has 2 aliphatic rings. The Bertz CT molecular complexity index is 1250. The van der Waals surface area contributed by atoms with Crippen LogP contribution in [0.2, 0.25) is 0 Å². The molecule has 3 aromatic rings. The Morgan fingerprint density at radius 3 is 2.67 bits per heavy atom. The van der Waals surface area contributed by atoms with E-state index >= 15 is 0 Å². The molecule has 0 N–H and O–H groups in total. The molecule has 0 spiro atoms. The van der Waals surface area contributed by atoms with E-state index in [1.165, 1.54) is 11.1 Å². The first-order valence-electron chi connectivity index (χ1n) is 10.1. The average Bonchev–Trinajstić information content (AvgIpc) is 3.23. The van der Waals surface area contributed by atoms with E-state index in [2.05, 4.69) is 39.2 Å². The quantitative estimate of drug-likeness (QED) is 0.368. The highest BCUT2D eigenvalue weighted by Crippen LogP contribution is 2.42. The van der Waals surface area contributed by atoms with Gasteiger partial charge in [0.2, 0.25) is 0 Å². The molecule has 0 bridgehead atoms. The standard InChI is InChI=1S/C26H19N3O/c1-27-20-8-5-7-18(14-20)19-11-13-25-23(15-19)24(29-28-2)16-26(30-25)22-12-10-17-6-3-4-9-21(17)22/h3-9,11,13-15,22,26H,10,12,16H2/b29-24-. The summed E-state index contributed by atoms with van der Waals surface area (Å²) in [5.41, 5.74) is 6.99. The molecule has 0 fully saturated rings. The molecule has 0 amide bonds. The maximum Gasteiger partial charge on any atom is 0.187 e. The number of hydrogen-bond acceptors (Lipinski definition) is 2. The van der Waals surface area contributed by atoms with Crippen molar-refractivity contribution in [2.24, 2.45) is 5.10 Å². The van der Waals surface area contributed by atoms with Gasteiger partial charge in [0, 0.05) is 17.9 Å². The van der Waals surface area contributed by atoms with Gasteiger partial charge in [0.15, 0.2) is 5.69 Å². The van der Waals surface area contributed by atoms with Crippen LogP contribution in [0, 0.1) is 13.1 Å². The molecule has 4 nitrogen and oxygen atoms in total. The van der Waals surface area contributed by atoms with Crippen LogP contribution in [0.3, 0.4) is 0 Å². The van der Waals surface area contributed by atoms with Crippen LogP contribution in [0.4, 0.5) is 5.69 Å². The molecule has 0 saturated carbocycles. The highest BCUT2D eigenvalue weighted by molar-refractivity contribution is 6.05. The van der Waals surface area contributed by atoms with Crippen molar-refractivity contribution in [1.29, 1.82) is 0 Å². The SMILES string of the molecule is [C-]#[N+]/N=C1/CC(C2CCc3ccccc32)Oc2ccc(-c3cccc([N+]#[C-])c3)cc21. The van der Waals surface area contributed by atoms with Gasteiger partial charge in [-0.1, -0.05) is 48.5 Å². The summed E-state index contributed by atoms with van der Waals surface area (Å²) in [6, 6.07) is 22.2. The Morgan fingerprint density at radius 2 is 1.80 bits per heavy atom. The Balaban J connectivity index is 1.52. The first-order chi connectivity index (χ1) is 14.8. The van der Waals surface area contributed by atoms with E-state index in [9.17, 15) is 0 Å². The third-order valence-electron chi connectivity index (χ3n) is 6.07. The highest BCUT2D eigenvalue weighted by atomic mass is 16.5. The Labute approximate surface area is 176 Å². The molecule has 5 rings (SSSR count). The van der Waals surface area contributed by atoms with Crippen molar-refractivity contribution in [2.45, 2.75) is 31.3 Å². The lowest BCUT2D eigenvalue weighted by atomic mass is 9.87. The van der Waals surface area contributed by atoms with Gasteiger partial charge in [-0.25, -0.2) is 4.85 Å². The maximum absolute atomic E-state index is 7.31. The summed E-state index contributed by atoms with van der Waals surface area (Å²) in [7, 11) is 0. The summed E-state index contributed by atoms with van der Waals surface area (Å²) in [5, 5.41) is 4.15. The van der Waals surface area contributed by atoms with Crippen molar-refractivity contribution in [3.8, 4) is 16.9 Å². The molecule has 1 aliphatic heterocycles. The lowest BCUT2D eigenvalue weighted by molar-refractivity contribution is 0.170. The topological polar surface area (TPSA) is 30.3 Å². The zero-order valence-corrected chi connectivity index (χ0v) is 16.4. The van der Waals surface area contributed by atoms with E-state index in [1.807, 2.05) is 36.4 Å². The molecule has 3 aromatic carbocycles. The fraction of sp³-hybridized carbons (Fsp3) is 0.192. The second-order valence-corrected chi connectivity index (χ2v) is 7.72. The van der Waals surface area contributed by atoms with Crippen LogP contribution < -0.4 is 4.74 Å². The average molecular weight is 389 g/mol. The monoisotopic (exact) mass is 389 g/mol. The number of nitrogens with zero attached hydrogens (tertiary/aromatic N) is 3. The van der Waals surface area contributed by atoms with Gasteiger partial charge < -0.3 is 4.74 Å². The molecule has 2 unspecified atom stereocenters. The predicted octanol–water partition coefficient (Wildman–Crippen LogP) is 6.41. The van der Waals surface area contributed by atoms with E-state index in [1.54, 1.807) is 6.07 Å². The van der Waals surface area contributed by atoms with E-state index in [4.69, 9.17) is 17.9 Å². The normalized spacial score (nSPS) is 20.5. The van der Waals surface area contributed by atoms with Crippen LogP contribution >= 0.6 is 0 Å². The summed E-state index contributed by atoms with van der Waals surface area (Å²) in [4.78, 5) is 6.86. The molecule has 1 aliphatic carbocycles. The number of ether oxygens (including phenoxy) is 1. The molecule has 0 aromatic heterocycles. The molecule has 144 valence electrons. The minimum Gasteiger partial charge on any atom is -0.489 e. The predicted molar refractivity (Wildman–Crippen MR) is 118 cm³/mol. The van der Waals surface area contributed by atoms with Crippen molar-refractivity contribution < 1.29 is 4.74 Å². The Morgan fingerprint density at radius 1 is 0.933 bits per heavy atom. The molecular weight excluding hydrogens is 370 g/mol. The van der Waals surface area contributed by atoms with Crippen LogP contribution in [0.25, 0.3) is 20.9 Å². The van der Waals surface area contributed by atoms with Gasteiger partial charge in [-0.05, 0) is 53.3 Å². The summed E-state index contributed by atoms with van der Waals surface area (Å²) < 4.78 is 6.45. The number of rotatable bonds is 2. The van der Waals surface area contributed by atoms with Gasteiger partial charge in [0.25, 0.3) is 0 Å². The van der Waals surface area contributed by atoms with Gasteiger partial charge in [0.1, 0.15) is 17.6 Å². The first kappa shape index (κ1) is 18.2. The van der Waals surface area contributed by atoms with Crippen LogP contribution in [0.1, 0.15) is 35.4 Å². The summed E-state index contributed by atoms with van der Waals surface area (Å²) in [6.45, 7) is 14.6. The molecule has 2 atom stereocenters. The lowest BCUT2D eigenvalue weighted by Crippen LogP contribution is -2.32. The fourth-order valence-electron chi connectivity index (χ4n) is 4.65. The third-order valence-corrected chi connectivity index (χ3v) is 6.07. The summed E-state index contributed by atoms with van der Waals surface area (Å²) >= 11 is 0. The smallest absolute Gasteiger partial charge is 0.187 e. The molecule has 1 heterocycles. The number of aryl methyl sites for hydroxylation is 1. The van der Waals surface area contributed by atoms with Crippen LogP contribution in [-0.4, -0.2) is 11.8 Å². The molecule has 30 heavy (non-hydrogen) atoms. The number of benzene rings is 3. The minimum absolute atomic E-state index is 0.0158. The minimum atomic E-state index is -0.0158. The summed E-state index contributed by atoms with van der Waals surface area (Å²) in [6.07, 6.45) is 2.74. The van der Waals surface area contributed by atoms with E-state index in [0.29, 0.717) is 18.0 Å².